The fourth-order valence-corrected chi connectivity index (χ4v) is 5.57. The predicted molar refractivity (Wildman–Crippen MR) is 124 cm³/mol. The lowest BCUT2D eigenvalue weighted by Gasteiger charge is -2.47. The zero-order valence-electron chi connectivity index (χ0n) is 18.4. The number of nitrogens with zero attached hydrogens (tertiary/aromatic N) is 2. The Balaban J connectivity index is 1.39. The maximum atomic E-state index is 13.4. The molecule has 5 unspecified atom stereocenters. The number of fused-ring (bicyclic) bond motifs is 6. The molecule has 0 radical (unpaired) electrons. The first-order valence-corrected chi connectivity index (χ1v) is 12.0. The number of hydrogen-bond acceptors (Lipinski definition) is 7. The summed E-state index contributed by atoms with van der Waals surface area (Å²) < 4.78 is 0. The molecule has 6 atom stereocenters. The van der Waals surface area contributed by atoms with E-state index in [9.17, 15) is 9.90 Å². The summed E-state index contributed by atoms with van der Waals surface area (Å²) in [4.78, 5) is 13.4. The van der Waals surface area contributed by atoms with Gasteiger partial charge in [0.05, 0.1) is 30.4 Å². The van der Waals surface area contributed by atoms with Crippen LogP contribution in [-0.2, 0) is 4.79 Å². The number of allylic oxidation sites excluding steroid dienone is 1. The maximum absolute atomic E-state index is 13.4. The van der Waals surface area contributed by atoms with Crippen LogP contribution in [-0.4, -0.2) is 64.4 Å². The molecule has 1 amide bonds. The zero-order chi connectivity index (χ0) is 22.3. The van der Waals surface area contributed by atoms with Crippen molar-refractivity contribution >= 4 is 23.2 Å². The minimum atomic E-state index is -0.776. The van der Waals surface area contributed by atoms with Crippen LogP contribution in [0, 0.1) is 5.92 Å². The first-order chi connectivity index (χ1) is 15.4. The van der Waals surface area contributed by atoms with Crippen molar-refractivity contribution in [3.05, 3.63) is 41.4 Å². The van der Waals surface area contributed by atoms with Crippen molar-refractivity contribution in [2.24, 2.45) is 5.92 Å². The lowest BCUT2D eigenvalue weighted by molar-refractivity contribution is -0.146. The number of carbonyl (C=O) groups excluding carboxylic acids is 1. The number of hydrogen-bond donors (Lipinski definition) is 5. The van der Waals surface area contributed by atoms with Gasteiger partial charge in [-0.2, -0.15) is 5.01 Å². The Labute approximate surface area is 194 Å². The number of piperidine rings is 1. The average molecular weight is 461 g/mol. The van der Waals surface area contributed by atoms with Crippen LogP contribution in [0.25, 0.3) is 0 Å². The molecule has 32 heavy (non-hydrogen) atoms. The van der Waals surface area contributed by atoms with E-state index in [0.717, 1.165) is 31.4 Å². The number of amides is 1. The van der Waals surface area contributed by atoms with Crippen molar-refractivity contribution in [1.29, 1.82) is 0 Å². The van der Waals surface area contributed by atoms with Gasteiger partial charge in [0.25, 0.3) is 0 Å². The minimum absolute atomic E-state index is 0.00698. The van der Waals surface area contributed by atoms with Crippen molar-refractivity contribution in [3.8, 4) is 0 Å². The Bertz CT molecular complexity index is 863. The molecule has 4 aliphatic heterocycles. The van der Waals surface area contributed by atoms with Crippen molar-refractivity contribution in [2.45, 2.75) is 69.3 Å². The summed E-state index contributed by atoms with van der Waals surface area (Å²) in [5, 5.41) is 30.1. The van der Waals surface area contributed by atoms with E-state index in [0.29, 0.717) is 24.5 Å². The molecule has 0 aromatic heterocycles. The number of halogens is 1. The molecule has 4 aliphatic rings. The van der Waals surface area contributed by atoms with Gasteiger partial charge in [0.2, 0.25) is 5.91 Å². The smallest absolute Gasteiger partial charge is 0.244 e. The lowest BCUT2D eigenvalue weighted by Crippen LogP contribution is -2.69. The molecule has 3 saturated heterocycles. The Morgan fingerprint density at radius 3 is 2.81 bits per heavy atom. The van der Waals surface area contributed by atoms with E-state index in [-0.39, 0.29) is 36.5 Å². The van der Waals surface area contributed by atoms with E-state index in [1.807, 2.05) is 36.2 Å². The molecule has 5 rings (SSSR count). The number of carbonyl (C=O) groups is 1. The normalized spacial score (nSPS) is 39.0. The summed E-state index contributed by atoms with van der Waals surface area (Å²) >= 11 is 6.02. The Morgan fingerprint density at radius 2 is 2.00 bits per heavy atom. The third kappa shape index (κ3) is 4.27. The van der Waals surface area contributed by atoms with Gasteiger partial charge in [-0.15, -0.1) is 0 Å². The van der Waals surface area contributed by atoms with E-state index in [4.69, 9.17) is 11.6 Å². The first kappa shape index (κ1) is 22.1. The quantitative estimate of drug-likeness (QED) is 0.430. The zero-order valence-corrected chi connectivity index (χ0v) is 19.2. The van der Waals surface area contributed by atoms with E-state index < -0.39 is 5.60 Å². The third-order valence-corrected chi connectivity index (χ3v) is 7.50. The lowest BCUT2D eigenvalue weighted by atomic mass is 9.85. The number of rotatable bonds is 2. The molecule has 8 nitrogen and oxygen atoms in total. The minimum Gasteiger partial charge on any atom is -0.389 e. The monoisotopic (exact) mass is 460 g/mol. The van der Waals surface area contributed by atoms with Crippen LogP contribution in [0.1, 0.15) is 39.0 Å². The van der Waals surface area contributed by atoms with Crippen molar-refractivity contribution < 1.29 is 9.90 Å². The van der Waals surface area contributed by atoms with E-state index in [1.54, 1.807) is 0 Å². The summed E-state index contributed by atoms with van der Waals surface area (Å²) in [6.45, 7) is 3.07. The molecule has 2 bridgehead atoms. The van der Waals surface area contributed by atoms with Crippen LogP contribution in [0.4, 0.5) is 5.69 Å². The summed E-state index contributed by atoms with van der Waals surface area (Å²) in [6, 6.07) is 7.60. The number of hydrazine groups is 1. The highest BCUT2D eigenvalue weighted by molar-refractivity contribution is 6.30. The van der Waals surface area contributed by atoms with Crippen LogP contribution in [0.3, 0.4) is 0 Å². The second-order valence-corrected chi connectivity index (χ2v) is 9.98. The van der Waals surface area contributed by atoms with Gasteiger partial charge in [0.1, 0.15) is 6.29 Å². The van der Waals surface area contributed by atoms with Crippen molar-refractivity contribution in [2.75, 3.05) is 18.4 Å². The summed E-state index contributed by atoms with van der Waals surface area (Å²) in [5.41, 5.74) is 0.174. The number of anilines is 1. The van der Waals surface area contributed by atoms with Gasteiger partial charge in [-0.25, -0.2) is 0 Å². The standard InChI is InChI=1S/C23H33ClN6O2/c1-23(32)12-3-2-4-13-29-21(31)17-14-25-22(26-16-10-8-15(24)9-11-16)28-20(17)30(29)19-7-5-6-18(23)27-19/h2,4,8-11,17-20,22,25-28,32H,3,5-7,12-14H2,1H3/b4-2-/t17?,18?,19?,20?,22?,23-/m1/s1. The average Bonchev–Trinajstić information content (AvgIpc) is 3.05. The molecule has 0 spiro atoms. The Hall–Kier alpha value is -1.68. The van der Waals surface area contributed by atoms with Gasteiger partial charge in [0.15, 0.2) is 0 Å². The van der Waals surface area contributed by atoms with Crippen LogP contribution >= 0.6 is 11.6 Å². The van der Waals surface area contributed by atoms with Gasteiger partial charge in [0, 0.05) is 23.3 Å². The maximum Gasteiger partial charge on any atom is 0.244 e. The fourth-order valence-electron chi connectivity index (χ4n) is 5.45. The molecule has 9 heteroatoms. The second-order valence-electron chi connectivity index (χ2n) is 9.54. The summed E-state index contributed by atoms with van der Waals surface area (Å²) in [7, 11) is 0. The Morgan fingerprint density at radius 1 is 1.19 bits per heavy atom. The molecular formula is C23H33ClN6O2. The van der Waals surface area contributed by atoms with Gasteiger partial charge in [-0.3, -0.25) is 25.8 Å². The molecule has 0 aliphatic carbocycles. The van der Waals surface area contributed by atoms with Crippen LogP contribution in [0.5, 0.6) is 0 Å². The summed E-state index contributed by atoms with van der Waals surface area (Å²) in [6.07, 6.45) is 8.25. The van der Waals surface area contributed by atoms with E-state index in [1.165, 1.54) is 0 Å². The molecule has 0 saturated carbocycles. The molecule has 4 heterocycles. The van der Waals surface area contributed by atoms with Gasteiger partial charge in [-0.05, 0) is 63.3 Å². The molecule has 174 valence electrons. The fraction of sp³-hybridized carbons (Fsp3) is 0.609. The summed E-state index contributed by atoms with van der Waals surface area (Å²) in [5.74, 6) is -0.0307. The molecule has 3 fully saturated rings. The highest BCUT2D eigenvalue weighted by Gasteiger charge is 2.52. The second kappa shape index (κ2) is 8.93. The molecule has 1 aromatic rings. The first-order valence-electron chi connectivity index (χ1n) is 11.7. The Kier molecular flexibility index (Phi) is 6.17. The van der Waals surface area contributed by atoms with Crippen LogP contribution in [0.2, 0.25) is 5.02 Å². The topological polar surface area (TPSA) is 91.9 Å². The van der Waals surface area contributed by atoms with Crippen molar-refractivity contribution in [3.63, 3.8) is 0 Å². The van der Waals surface area contributed by atoms with E-state index in [2.05, 4.69) is 38.4 Å². The SMILES string of the molecule is C[C@@]1(O)CC/C=C\CN2C(=O)C3CNC(Nc4ccc(Cl)cc4)NC3N2C2CCCC1N2. The van der Waals surface area contributed by atoms with Crippen LogP contribution < -0.4 is 21.3 Å². The van der Waals surface area contributed by atoms with E-state index >= 15 is 0 Å². The molecule has 1 aromatic carbocycles. The highest BCUT2D eigenvalue weighted by Crippen LogP contribution is 2.34. The number of aliphatic hydroxyl groups is 1. The van der Waals surface area contributed by atoms with Gasteiger partial charge < -0.3 is 10.4 Å². The third-order valence-electron chi connectivity index (χ3n) is 7.25. The number of benzene rings is 1. The van der Waals surface area contributed by atoms with Gasteiger partial charge >= 0.3 is 0 Å². The molecule has 5 N–H and O–H groups in total. The highest BCUT2D eigenvalue weighted by atomic mass is 35.5. The van der Waals surface area contributed by atoms with Crippen LogP contribution in [0.15, 0.2) is 36.4 Å². The number of nitrogens with one attached hydrogen (secondary N) is 4. The molecular weight excluding hydrogens is 428 g/mol. The van der Waals surface area contributed by atoms with Crippen molar-refractivity contribution in [1.82, 2.24) is 26.0 Å². The van der Waals surface area contributed by atoms with Gasteiger partial charge in [-0.1, -0.05) is 23.8 Å². The predicted octanol–water partition coefficient (Wildman–Crippen LogP) is 1.80. The largest absolute Gasteiger partial charge is 0.389 e.